The number of halogens is 1. The molecule has 0 amide bonds. The number of furan rings is 1. The van der Waals surface area contributed by atoms with Crippen LogP contribution in [0.15, 0.2) is 52.1 Å². The Morgan fingerprint density at radius 1 is 1.09 bits per heavy atom. The van der Waals surface area contributed by atoms with Crippen LogP contribution in [-0.4, -0.2) is 70.6 Å². The average molecular weight is 572 g/mol. The molecule has 1 saturated heterocycles. The summed E-state index contributed by atoms with van der Waals surface area (Å²) in [7, 11) is 3.42. The summed E-state index contributed by atoms with van der Waals surface area (Å²) in [6.07, 6.45) is 6.75. The summed E-state index contributed by atoms with van der Waals surface area (Å²) in [5, 5.41) is 3.58. The van der Waals surface area contributed by atoms with Gasteiger partial charge in [-0.1, -0.05) is 12.1 Å². The molecule has 0 atom stereocenters. The van der Waals surface area contributed by atoms with Gasteiger partial charge in [-0.05, 0) is 55.5 Å². The van der Waals surface area contributed by atoms with Crippen molar-refractivity contribution in [1.29, 1.82) is 0 Å². The highest BCUT2D eigenvalue weighted by Crippen LogP contribution is 2.15. The first kappa shape index (κ1) is 27.5. The number of methoxy groups -OCH3 is 2. The summed E-state index contributed by atoms with van der Waals surface area (Å²) in [5.74, 6) is 2.83. The Labute approximate surface area is 214 Å². The second-order valence-electron chi connectivity index (χ2n) is 7.96. The highest BCUT2D eigenvalue weighted by Gasteiger charge is 2.22. The van der Waals surface area contributed by atoms with Gasteiger partial charge in [-0.3, -0.25) is 4.99 Å². The molecule has 1 aliphatic heterocycles. The predicted octanol–water partition coefficient (Wildman–Crippen LogP) is 4.15. The highest BCUT2D eigenvalue weighted by atomic mass is 127. The van der Waals surface area contributed by atoms with Gasteiger partial charge in [0.15, 0.2) is 5.96 Å². The summed E-state index contributed by atoms with van der Waals surface area (Å²) >= 11 is 0. The van der Waals surface area contributed by atoms with Crippen LogP contribution in [0, 0.1) is 0 Å². The number of nitrogens with one attached hydrogen (secondary N) is 1. The van der Waals surface area contributed by atoms with Crippen LogP contribution in [0.5, 0.6) is 5.75 Å². The second kappa shape index (κ2) is 16.0. The van der Waals surface area contributed by atoms with E-state index in [2.05, 4.69) is 22.3 Å². The van der Waals surface area contributed by atoms with E-state index < -0.39 is 0 Å². The third kappa shape index (κ3) is 9.93. The lowest BCUT2D eigenvalue weighted by atomic mass is 10.1. The van der Waals surface area contributed by atoms with Crippen molar-refractivity contribution in [3.05, 3.63) is 54.0 Å². The third-order valence-corrected chi connectivity index (χ3v) is 5.64. The van der Waals surface area contributed by atoms with Crippen molar-refractivity contribution in [2.45, 2.75) is 38.2 Å². The van der Waals surface area contributed by atoms with Crippen LogP contribution in [0.3, 0.4) is 0 Å². The second-order valence-corrected chi connectivity index (χ2v) is 7.96. The van der Waals surface area contributed by atoms with E-state index in [1.54, 1.807) is 20.5 Å². The zero-order valence-corrected chi connectivity index (χ0v) is 22.2. The molecule has 0 radical (unpaired) electrons. The Kier molecular flexibility index (Phi) is 13.3. The van der Waals surface area contributed by atoms with Crippen molar-refractivity contribution in [3.8, 4) is 5.75 Å². The van der Waals surface area contributed by atoms with Crippen LogP contribution in [-0.2, 0) is 22.3 Å². The first-order valence-electron chi connectivity index (χ1n) is 11.6. The summed E-state index contributed by atoms with van der Waals surface area (Å²) < 4.78 is 21.8. The van der Waals surface area contributed by atoms with Gasteiger partial charge in [0.25, 0.3) is 0 Å². The molecule has 3 rings (SSSR count). The Morgan fingerprint density at radius 2 is 1.88 bits per heavy atom. The van der Waals surface area contributed by atoms with Gasteiger partial charge in [0.1, 0.15) is 11.5 Å². The zero-order valence-electron chi connectivity index (χ0n) is 19.8. The third-order valence-electron chi connectivity index (χ3n) is 5.64. The summed E-state index contributed by atoms with van der Waals surface area (Å²) in [6.45, 7) is 4.95. The largest absolute Gasteiger partial charge is 0.497 e. The van der Waals surface area contributed by atoms with Crippen LogP contribution in [0.25, 0.3) is 0 Å². The summed E-state index contributed by atoms with van der Waals surface area (Å²) in [5.41, 5.74) is 1.27. The van der Waals surface area contributed by atoms with E-state index >= 15 is 0 Å². The zero-order chi connectivity index (χ0) is 22.4. The van der Waals surface area contributed by atoms with E-state index in [1.807, 2.05) is 24.3 Å². The molecule has 7 nitrogen and oxygen atoms in total. The van der Waals surface area contributed by atoms with Crippen molar-refractivity contribution in [2.24, 2.45) is 4.99 Å². The predicted molar refractivity (Wildman–Crippen MR) is 142 cm³/mol. The maximum Gasteiger partial charge on any atom is 0.193 e. The molecule has 1 fully saturated rings. The number of ether oxygens (including phenoxy) is 3. The number of benzene rings is 1. The number of hydrogen-bond acceptors (Lipinski definition) is 5. The fourth-order valence-corrected chi connectivity index (χ4v) is 3.79. The van der Waals surface area contributed by atoms with Crippen molar-refractivity contribution < 1.29 is 18.6 Å². The quantitative estimate of drug-likeness (QED) is 0.179. The number of nitrogens with zero attached hydrogens (tertiary/aromatic N) is 2. The van der Waals surface area contributed by atoms with E-state index in [1.165, 1.54) is 5.56 Å². The Hall–Kier alpha value is -1.78. The molecule has 1 N–H and O–H groups in total. The van der Waals surface area contributed by atoms with Crippen molar-refractivity contribution in [1.82, 2.24) is 10.2 Å². The molecule has 2 heterocycles. The van der Waals surface area contributed by atoms with Crippen LogP contribution in [0.1, 0.15) is 30.6 Å². The summed E-state index contributed by atoms with van der Waals surface area (Å²) in [6, 6.07) is 12.2. The number of hydrogen-bond donors (Lipinski definition) is 1. The smallest absolute Gasteiger partial charge is 0.193 e. The Morgan fingerprint density at radius 3 is 2.55 bits per heavy atom. The maximum atomic E-state index is 6.01. The van der Waals surface area contributed by atoms with Crippen LogP contribution in [0.2, 0.25) is 0 Å². The van der Waals surface area contributed by atoms with Crippen LogP contribution >= 0.6 is 24.0 Å². The van der Waals surface area contributed by atoms with Gasteiger partial charge in [-0.15, -0.1) is 24.0 Å². The van der Waals surface area contributed by atoms with E-state index in [4.69, 9.17) is 23.6 Å². The Balaban J connectivity index is 0.00000385. The monoisotopic (exact) mass is 571 g/mol. The fraction of sp³-hybridized carbons (Fsp3) is 0.560. The highest BCUT2D eigenvalue weighted by molar-refractivity contribution is 14.0. The molecule has 0 unspecified atom stereocenters. The minimum atomic E-state index is 0. The molecule has 0 bridgehead atoms. The fourth-order valence-electron chi connectivity index (χ4n) is 3.79. The lowest BCUT2D eigenvalue weighted by Gasteiger charge is -2.34. The minimum Gasteiger partial charge on any atom is -0.497 e. The van der Waals surface area contributed by atoms with Crippen LogP contribution < -0.4 is 10.1 Å². The van der Waals surface area contributed by atoms with Gasteiger partial charge in [0.05, 0.1) is 19.5 Å². The molecular weight excluding hydrogens is 533 g/mol. The molecule has 0 aliphatic carbocycles. The Bertz CT molecular complexity index is 775. The SMILES string of the molecule is COCCCOC1CCN(C(=NCCc2ccco2)NCCc2ccc(OC)cc2)CC1.I. The number of guanidine groups is 1. The molecule has 1 aromatic heterocycles. The average Bonchev–Trinajstić information content (AvgIpc) is 3.35. The van der Waals surface area contributed by atoms with E-state index in [-0.39, 0.29) is 24.0 Å². The topological polar surface area (TPSA) is 68.5 Å². The van der Waals surface area contributed by atoms with Crippen molar-refractivity contribution in [2.75, 3.05) is 53.6 Å². The molecule has 1 aromatic carbocycles. The lowest BCUT2D eigenvalue weighted by Crippen LogP contribution is -2.47. The minimum absolute atomic E-state index is 0. The van der Waals surface area contributed by atoms with Gasteiger partial charge in [0, 0.05) is 52.9 Å². The standard InChI is InChI=1S/C25H37N3O4.HI/c1-29-18-4-20-32-24-12-16-28(17-13-24)25(27-15-11-23-5-3-19-31-23)26-14-10-21-6-8-22(30-2)9-7-21;/h3,5-9,19,24H,4,10-18,20H2,1-2H3,(H,26,27);1H. The number of piperidine rings is 1. The molecular formula is C25H38IN3O4. The van der Waals surface area contributed by atoms with Crippen molar-refractivity contribution in [3.63, 3.8) is 0 Å². The van der Waals surface area contributed by atoms with Gasteiger partial charge < -0.3 is 28.8 Å². The first-order chi connectivity index (χ1) is 15.8. The molecule has 2 aromatic rings. The van der Waals surface area contributed by atoms with Gasteiger partial charge in [0.2, 0.25) is 0 Å². The van der Waals surface area contributed by atoms with Gasteiger partial charge >= 0.3 is 0 Å². The first-order valence-corrected chi connectivity index (χ1v) is 11.6. The lowest BCUT2D eigenvalue weighted by molar-refractivity contribution is 0.00990. The van der Waals surface area contributed by atoms with Gasteiger partial charge in [-0.25, -0.2) is 0 Å². The number of rotatable bonds is 12. The normalized spacial score (nSPS) is 14.7. The molecule has 0 saturated carbocycles. The van der Waals surface area contributed by atoms with Gasteiger partial charge in [-0.2, -0.15) is 0 Å². The molecule has 33 heavy (non-hydrogen) atoms. The van der Waals surface area contributed by atoms with E-state index in [0.717, 1.165) is 82.4 Å². The van der Waals surface area contributed by atoms with Crippen LogP contribution in [0.4, 0.5) is 0 Å². The molecule has 8 heteroatoms. The van der Waals surface area contributed by atoms with E-state index in [0.29, 0.717) is 12.6 Å². The molecule has 0 spiro atoms. The summed E-state index contributed by atoms with van der Waals surface area (Å²) in [4.78, 5) is 7.24. The number of likely N-dealkylation sites (tertiary alicyclic amines) is 1. The van der Waals surface area contributed by atoms with Crippen molar-refractivity contribution >= 4 is 29.9 Å². The maximum absolute atomic E-state index is 6.01. The molecule has 184 valence electrons. The van der Waals surface area contributed by atoms with E-state index in [9.17, 15) is 0 Å². The molecule has 1 aliphatic rings. The number of aliphatic imine (C=N–C) groups is 1.